The number of aliphatic hydroxyl groups is 1. The summed E-state index contributed by atoms with van der Waals surface area (Å²) in [6, 6.07) is 3.56. The molecule has 1 fully saturated rings. The van der Waals surface area contributed by atoms with Crippen molar-refractivity contribution in [3.8, 4) is 11.7 Å². The predicted molar refractivity (Wildman–Crippen MR) is 67.1 cm³/mol. The van der Waals surface area contributed by atoms with Gasteiger partial charge in [0.2, 0.25) is 0 Å². The van der Waals surface area contributed by atoms with Crippen molar-refractivity contribution in [3.63, 3.8) is 0 Å². The van der Waals surface area contributed by atoms with Crippen molar-refractivity contribution < 1.29 is 14.0 Å². The molecule has 1 atom stereocenters. The van der Waals surface area contributed by atoms with Gasteiger partial charge in [-0.3, -0.25) is 4.90 Å². The number of nitrogens with zero attached hydrogens (tertiary/aromatic N) is 3. The van der Waals surface area contributed by atoms with Crippen LogP contribution in [0.15, 0.2) is 27.3 Å². The van der Waals surface area contributed by atoms with Crippen LogP contribution in [-0.2, 0) is 6.54 Å². The Hall–Kier alpha value is -1.66. The van der Waals surface area contributed by atoms with E-state index in [9.17, 15) is 5.11 Å². The smallest absolute Gasteiger partial charge is 0.293 e. The van der Waals surface area contributed by atoms with Gasteiger partial charge in [-0.1, -0.05) is 5.16 Å². The molecular weight excluding hydrogens is 246 g/mol. The van der Waals surface area contributed by atoms with Crippen LogP contribution in [0.5, 0.6) is 0 Å². The molecule has 1 N–H and O–H groups in total. The van der Waals surface area contributed by atoms with Crippen molar-refractivity contribution in [2.75, 3.05) is 13.1 Å². The summed E-state index contributed by atoms with van der Waals surface area (Å²) >= 11 is 0. The second-order valence-corrected chi connectivity index (χ2v) is 5.30. The molecule has 0 bridgehead atoms. The summed E-state index contributed by atoms with van der Waals surface area (Å²) in [5.74, 6) is 1.58. The van der Waals surface area contributed by atoms with E-state index in [1.165, 1.54) is 0 Å². The van der Waals surface area contributed by atoms with Gasteiger partial charge in [0, 0.05) is 6.54 Å². The molecule has 1 aliphatic heterocycles. The summed E-state index contributed by atoms with van der Waals surface area (Å²) in [4.78, 5) is 6.44. The van der Waals surface area contributed by atoms with Gasteiger partial charge in [0.05, 0.1) is 18.4 Å². The molecule has 19 heavy (non-hydrogen) atoms. The van der Waals surface area contributed by atoms with Crippen molar-refractivity contribution in [1.29, 1.82) is 0 Å². The molecule has 0 radical (unpaired) electrons. The highest BCUT2D eigenvalue weighted by Gasteiger charge is 2.29. The Kier molecular flexibility index (Phi) is 3.12. The average molecular weight is 263 g/mol. The van der Waals surface area contributed by atoms with Crippen LogP contribution in [0.3, 0.4) is 0 Å². The van der Waals surface area contributed by atoms with Crippen molar-refractivity contribution in [3.05, 3.63) is 24.2 Å². The Balaban J connectivity index is 1.67. The number of hydrogen-bond acceptors (Lipinski definition) is 6. The molecule has 1 aliphatic rings. The topological polar surface area (TPSA) is 75.5 Å². The first kappa shape index (κ1) is 12.4. The van der Waals surface area contributed by atoms with E-state index in [2.05, 4.69) is 15.0 Å². The van der Waals surface area contributed by atoms with Gasteiger partial charge in [0.25, 0.3) is 5.89 Å². The molecule has 1 saturated heterocycles. The number of rotatable bonds is 3. The zero-order valence-corrected chi connectivity index (χ0v) is 10.9. The maximum Gasteiger partial charge on any atom is 0.293 e. The zero-order valence-electron chi connectivity index (χ0n) is 10.9. The van der Waals surface area contributed by atoms with Gasteiger partial charge in [-0.15, -0.1) is 0 Å². The number of aromatic nitrogens is 2. The molecule has 0 aromatic carbocycles. The van der Waals surface area contributed by atoms with Gasteiger partial charge in [-0.2, -0.15) is 4.98 Å². The second-order valence-electron chi connectivity index (χ2n) is 5.30. The van der Waals surface area contributed by atoms with Gasteiger partial charge < -0.3 is 14.0 Å². The highest BCUT2D eigenvalue weighted by Crippen LogP contribution is 2.22. The number of likely N-dealkylation sites (tertiary alicyclic amines) is 1. The molecule has 6 heteroatoms. The number of piperidine rings is 1. The SMILES string of the molecule is CC1(O)CCCN(Cc2noc(-c3ccco3)n2)C1. The van der Waals surface area contributed by atoms with Crippen LogP contribution in [-0.4, -0.2) is 38.8 Å². The van der Waals surface area contributed by atoms with Crippen molar-refractivity contribution in [2.24, 2.45) is 0 Å². The predicted octanol–water partition coefficient (Wildman–Crippen LogP) is 1.68. The lowest BCUT2D eigenvalue weighted by Gasteiger charge is -2.36. The zero-order chi connectivity index (χ0) is 13.3. The Labute approximate surface area is 111 Å². The van der Waals surface area contributed by atoms with Crippen LogP contribution in [0.4, 0.5) is 0 Å². The summed E-state index contributed by atoms with van der Waals surface area (Å²) in [5.41, 5.74) is -0.619. The lowest BCUT2D eigenvalue weighted by molar-refractivity contribution is -0.0190. The van der Waals surface area contributed by atoms with Crippen LogP contribution in [0, 0.1) is 0 Å². The van der Waals surface area contributed by atoms with E-state index in [-0.39, 0.29) is 0 Å². The number of hydrogen-bond donors (Lipinski definition) is 1. The lowest BCUT2D eigenvalue weighted by atomic mass is 9.95. The van der Waals surface area contributed by atoms with Crippen LogP contribution >= 0.6 is 0 Å². The fourth-order valence-electron chi connectivity index (χ4n) is 2.48. The molecule has 102 valence electrons. The van der Waals surface area contributed by atoms with Gasteiger partial charge in [-0.05, 0) is 38.4 Å². The fourth-order valence-corrected chi connectivity index (χ4v) is 2.48. The molecule has 3 heterocycles. The first-order valence-corrected chi connectivity index (χ1v) is 6.44. The van der Waals surface area contributed by atoms with E-state index >= 15 is 0 Å². The molecule has 1 unspecified atom stereocenters. The second kappa shape index (κ2) is 4.79. The molecule has 0 spiro atoms. The van der Waals surface area contributed by atoms with Crippen LogP contribution in [0.1, 0.15) is 25.6 Å². The fraction of sp³-hybridized carbons (Fsp3) is 0.538. The minimum Gasteiger partial charge on any atom is -0.459 e. The molecule has 0 amide bonds. The highest BCUT2D eigenvalue weighted by atomic mass is 16.5. The molecule has 2 aromatic rings. The Morgan fingerprint density at radius 1 is 1.53 bits per heavy atom. The van der Waals surface area contributed by atoms with Crippen molar-refractivity contribution >= 4 is 0 Å². The standard InChI is InChI=1S/C13H17N3O3/c1-13(17)5-3-6-16(9-13)8-11-14-12(19-15-11)10-4-2-7-18-10/h2,4,7,17H,3,5-6,8-9H2,1H3. The summed E-state index contributed by atoms with van der Waals surface area (Å²) in [7, 11) is 0. The number of furan rings is 1. The van der Waals surface area contributed by atoms with Gasteiger partial charge >= 0.3 is 0 Å². The van der Waals surface area contributed by atoms with E-state index in [1.54, 1.807) is 18.4 Å². The highest BCUT2D eigenvalue weighted by molar-refractivity contribution is 5.42. The van der Waals surface area contributed by atoms with Crippen LogP contribution < -0.4 is 0 Å². The third kappa shape index (κ3) is 2.85. The minimum absolute atomic E-state index is 0.392. The average Bonchev–Trinajstić information content (AvgIpc) is 2.96. The monoisotopic (exact) mass is 263 g/mol. The van der Waals surface area contributed by atoms with Gasteiger partial charge in [0.15, 0.2) is 11.6 Å². The molecule has 6 nitrogen and oxygen atoms in total. The number of β-amino-alcohol motifs (C(OH)–C–C–N with tert-alkyl or cyclic N) is 1. The maximum atomic E-state index is 10.1. The Morgan fingerprint density at radius 3 is 3.16 bits per heavy atom. The Bertz CT molecular complexity index is 533. The van der Waals surface area contributed by atoms with Crippen molar-refractivity contribution in [2.45, 2.75) is 31.9 Å². The summed E-state index contributed by atoms with van der Waals surface area (Å²) < 4.78 is 10.4. The Morgan fingerprint density at radius 2 is 2.42 bits per heavy atom. The quantitative estimate of drug-likeness (QED) is 0.908. The van der Waals surface area contributed by atoms with E-state index in [4.69, 9.17) is 8.94 Å². The van der Waals surface area contributed by atoms with Crippen LogP contribution in [0.25, 0.3) is 11.7 Å². The molecule has 2 aromatic heterocycles. The molecule has 3 rings (SSSR count). The van der Waals surface area contributed by atoms with Crippen LogP contribution in [0.2, 0.25) is 0 Å². The minimum atomic E-state index is -0.619. The summed E-state index contributed by atoms with van der Waals surface area (Å²) in [6.45, 7) is 4.03. The van der Waals surface area contributed by atoms with Crippen molar-refractivity contribution in [1.82, 2.24) is 15.0 Å². The van der Waals surface area contributed by atoms with E-state index in [0.29, 0.717) is 30.6 Å². The first-order chi connectivity index (χ1) is 9.12. The third-order valence-corrected chi connectivity index (χ3v) is 3.32. The normalized spacial score (nSPS) is 24.7. The van der Waals surface area contributed by atoms with Gasteiger partial charge in [-0.25, -0.2) is 0 Å². The lowest BCUT2D eigenvalue weighted by Crippen LogP contribution is -2.45. The largest absolute Gasteiger partial charge is 0.459 e. The molecule has 0 saturated carbocycles. The van der Waals surface area contributed by atoms with E-state index < -0.39 is 5.60 Å². The third-order valence-electron chi connectivity index (χ3n) is 3.32. The molecule has 0 aliphatic carbocycles. The summed E-state index contributed by atoms with van der Waals surface area (Å²) in [5, 5.41) is 14.0. The van der Waals surface area contributed by atoms with E-state index in [0.717, 1.165) is 19.4 Å². The first-order valence-electron chi connectivity index (χ1n) is 6.44. The maximum absolute atomic E-state index is 10.1. The summed E-state index contributed by atoms with van der Waals surface area (Å²) in [6.07, 6.45) is 3.39. The van der Waals surface area contributed by atoms with E-state index in [1.807, 2.05) is 6.92 Å². The van der Waals surface area contributed by atoms with Gasteiger partial charge in [0.1, 0.15) is 0 Å². The molecular formula is C13H17N3O3.